The van der Waals surface area contributed by atoms with Gasteiger partial charge in [0.1, 0.15) is 10.3 Å². The summed E-state index contributed by atoms with van der Waals surface area (Å²) >= 11 is 1.12. The van der Waals surface area contributed by atoms with Gasteiger partial charge in [0.25, 0.3) is 5.56 Å². The Morgan fingerprint density at radius 3 is 2.92 bits per heavy atom. The van der Waals surface area contributed by atoms with Crippen LogP contribution >= 0.6 is 11.3 Å². The quantitative estimate of drug-likeness (QED) is 0.680. The average molecular weight is 361 g/mol. The zero-order valence-electron chi connectivity index (χ0n) is 13.6. The molecule has 0 aliphatic carbocycles. The van der Waals surface area contributed by atoms with E-state index in [1.807, 2.05) is 0 Å². The van der Waals surface area contributed by atoms with Crippen LogP contribution < -0.4 is 10.9 Å². The highest BCUT2D eigenvalue weighted by Gasteiger charge is 2.12. The van der Waals surface area contributed by atoms with Gasteiger partial charge in [-0.2, -0.15) is 5.10 Å². The molecule has 1 amide bonds. The first-order valence-corrected chi connectivity index (χ1v) is 8.16. The molecule has 0 aromatic carbocycles. The third-order valence-electron chi connectivity index (χ3n) is 3.55. The van der Waals surface area contributed by atoms with Gasteiger partial charge in [0.15, 0.2) is 5.65 Å². The Kier molecular flexibility index (Phi) is 4.61. The summed E-state index contributed by atoms with van der Waals surface area (Å²) < 4.78 is 7.51. The van der Waals surface area contributed by atoms with Gasteiger partial charge in [0.05, 0.1) is 24.6 Å². The van der Waals surface area contributed by atoms with E-state index in [1.165, 1.54) is 28.9 Å². The molecule has 0 saturated carbocycles. The lowest BCUT2D eigenvalue weighted by atomic mass is 10.3. The van der Waals surface area contributed by atoms with E-state index in [-0.39, 0.29) is 24.4 Å². The second-order valence-corrected chi connectivity index (χ2v) is 6.29. The molecule has 0 fully saturated rings. The molecule has 0 radical (unpaired) electrons. The summed E-state index contributed by atoms with van der Waals surface area (Å²) in [4.78, 5) is 40.3. The summed E-state index contributed by atoms with van der Waals surface area (Å²) in [5.41, 5.74) is 0.259. The lowest BCUT2D eigenvalue weighted by molar-refractivity contribution is -0.116. The SMILES string of the molecule is COC(=O)c1ccc(NC(=O)CCn2cnc3c(cnn3C)c2=O)s1. The predicted octanol–water partition coefficient (Wildman–Crippen LogP) is 1.01. The Labute approximate surface area is 145 Å². The zero-order chi connectivity index (χ0) is 18.0. The number of anilines is 1. The maximum atomic E-state index is 12.3. The molecule has 3 aromatic rings. The van der Waals surface area contributed by atoms with Crippen LogP contribution in [0.5, 0.6) is 0 Å². The topological polar surface area (TPSA) is 108 Å². The molecule has 0 aliphatic heterocycles. The molecule has 130 valence electrons. The predicted molar refractivity (Wildman–Crippen MR) is 91.7 cm³/mol. The van der Waals surface area contributed by atoms with Gasteiger partial charge in [0.2, 0.25) is 5.91 Å². The Morgan fingerprint density at radius 1 is 1.36 bits per heavy atom. The molecule has 0 bridgehead atoms. The number of hydrogen-bond donors (Lipinski definition) is 1. The summed E-state index contributed by atoms with van der Waals surface area (Å²) in [6.07, 6.45) is 2.96. The number of methoxy groups -OCH3 is 1. The van der Waals surface area contributed by atoms with Crippen LogP contribution in [0.1, 0.15) is 16.1 Å². The molecule has 0 spiro atoms. The molecule has 10 heteroatoms. The molecule has 1 N–H and O–H groups in total. The molecule has 3 heterocycles. The molecule has 25 heavy (non-hydrogen) atoms. The number of fused-ring (bicyclic) bond motifs is 1. The highest BCUT2D eigenvalue weighted by molar-refractivity contribution is 7.18. The lowest BCUT2D eigenvalue weighted by Crippen LogP contribution is -2.23. The van der Waals surface area contributed by atoms with Gasteiger partial charge in [-0.3, -0.25) is 18.8 Å². The van der Waals surface area contributed by atoms with Crippen LogP contribution in [-0.4, -0.2) is 38.3 Å². The monoisotopic (exact) mass is 361 g/mol. The van der Waals surface area contributed by atoms with Crippen molar-refractivity contribution in [2.45, 2.75) is 13.0 Å². The van der Waals surface area contributed by atoms with Crippen LogP contribution in [0.25, 0.3) is 11.0 Å². The molecule has 0 saturated heterocycles. The van der Waals surface area contributed by atoms with Gasteiger partial charge >= 0.3 is 5.97 Å². The summed E-state index contributed by atoms with van der Waals surface area (Å²) in [6, 6.07) is 3.21. The highest BCUT2D eigenvalue weighted by Crippen LogP contribution is 2.22. The third kappa shape index (κ3) is 3.43. The summed E-state index contributed by atoms with van der Waals surface area (Å²) in [7, 11) is 3.00. The van der Waals surface area contributed by atoms with Gasteiger partial charge in [-0.15, -0.1) is 11.3 Å². The van der Waals surface area contributed by atoms with Crippen LogP contribution in [0.2, 0.25) is 0 Å². The number of rotatable bonds is 5. The Bertz CT molecular complexity index is 1000. The van der Waals surface area contributed by atoms with E-state index in [4.69, 9.17) is 0 Å². The number of hydrogen-bond acceptors (Lipinski definition) is 7. The van der Waals surface area contributed by atoms with Gasteiger partial charge in [-0.05, 0) is 12.1 Å². The van der Waals surface area contributed by atoms with Crippen LogP contribution in [0.4, 0.5) is 5.00 Å². The zero-order valence-corrected chi connectivity index (χ0v) is 14.4. The van der Waals surface area contributed by atoms with E-state index < -0.39 is 5.97 Å². The first-order valence-electron chi connectivity index (χ1n) is 7.34. The van der Waals surface area contributed by atoms with Crippen molar-refractivity contribution in [3.05, 3.63) is 39.9 Å². The van der Waals surface area contributed by atoms with Crippen LogP contribution in [0, 0.1) is 0 Å². The number of nitrogens with one attached hydrogen (secondary N) is 1. The van der Waals surface area contributed by atoms with Crippen molar-refractivity contribution in [2.24, 2.45) is 7.05 Å². The molecule has 9 nitrogen and oxygen atoms in total. The fourth-order valence-corrected chi connectivity index (χ4v) is 3.10. The van der Waals surface area contributed by atoms with Crippen molar-refractivity contribution >= 4 is 39.2 Å². The minimum Gasteiger partial charge on any atom is -0.465 e. The number of ether oxygens (including phenoxy) is 1. The smallest absolute Gasteiger partial charge is 0.348 e. The third-order valence-corrected chi connectivity index (χ3v) is 4.53. The molecular weight excluding hydrogens is 346 g/mol. The standard InChI is InChI=1S/C15H15N5O4S/c1-19-13-9(7-17-19)14(22)20(8-16-13)6-5-11(21)18-12-4-3-10(25-12)15(23)24-2/h3-4,7-8H,5-6H2,1-2H3,(H,18,21). The molecular formula is C15H15N5O4S. The minimum absolute atomic E-state index is 0.0960. The highest BCUT2D eigenvalue weighted by atomic mass is 32.1. The van der Waals surface area contributed by atoms with E-state index in [0.717, 1.165) is 11.3 Å². The summed E-state index contributed by atoms with van der Waals surface area (Å²) in [5, 5.41) is 7.64. The second kappa shape index (κ2) is 6.85. The molecule has 0 unspecified atom stereocenters. The van der Waals surface area contributed by atoms with Crippen molar-refractivity contribution in [3.8, 4) is 0 Å². The second-order valence-electron chi connectivity index (χ2n) is 5.20. The first-order chi connectivity index (χ1) is 12.0. The number of amides is 1. The number of aryl methyl sites for hydroxylation is 2. The Balaban J connectivity index is 1.64. The number of aromatic nitrogens is 4. The lowest BCUT2D eigenvalue weighted by Gasteiger charge is -2.05. The normalized spacial score (nSPS) is 10.8. The van der Waals surface area contributed by atoms with Crippen molar-refractivity contribution in [1.29, 1.82) is 0 Å². The van der Waals surface area contributed by atoms with Crippen molar-refractivity contribution in [3.63, 3.8) is 0 Å². The number of esters is 1. The van der Waals surface area contributed by atoms with Gasteiger partial charge in [-0.1, -0.05) is 0 Å². The fraction of sp³-hybridized carbons (Fsp3) is 0.267. The number of nitrogens with zero attached hydrogens (tertiary/aromatic N) is 4. The maximum absolute atomic E-state index is 12.3. The fourth-order valence-electron chi connectivity index (χ4n) is 2.26. The van der Waals surface area contributed by atoms with E-state index in [1.54, 1.807) is 19.2 Å². The molecule has 0 aliphatic rings. The summed E-state index contributed by atoms with van der Waals surface area (Å²) in [6.45, 7) is 0.192. The molecule has 3 rings (SSSR count). The minimum atomic E-state index is -0.451. The maximum Gasteiger partial charge on any atom is 0.348 e. The van der Waals surface area contributed by atoms with Crippen molar-refractivity contribution in [1.82, 2.24) is 19.3 Å². The van der Waals surface area contributed by atoms with E-state index in [9.17, 15) is 14.4 Å². The van der Waals surface area contributed by atoms with E-state index >= 15 is 0 Å². The van der Waals surface area contributed by atoms with E-state index in [0.29, 0.717) is 20.9 Å². The molecule has 0 atom stereocenters. The number of carbonyl (C=O) groups is 2. The van der Waals surface area contributed by atoms with Crippen molar-refractivity contribution in [2.75, 3.05) is 12.4 Å². The van der Waals surface area contributed by atoms with E-state index in [2.05, 4.69) is 20.1 Å². The molecule has 3 aromatic heterocycles. The first kappa shape index (κ1) is 16.8. The Morgan fingerprint density at radius 2 is 2.16 bits per heavy atom. The van der Waals surface area contributed by atoms with Gasteiger partial charge in [-0.25, -0.2) is 9.78 Å². The van der Waals surface area contributed by atoms with Gasteiger partial charge in [0, 0.05) is 20.0 Å². The number of carbonyl (C=O) groups excluding carboxylic acids is 2. The Hall–Kier alpha value is -3.01. The van der Waals surface area contributed by atoms with Crippen LogP contribution in [0.15, 0.2) is 29.5 Å². The van der Waals surface area contributed by atoms with Crippen molar-refractivity contribution < 1.29 is 14.3 Å². The average Bonchev–Trinajstić information content (AvgIpc) is 3.21. The van der Waals surface area contributed by atoms with Crippen LogP contribution in [-0.2, 0) is 23.1 Å². The summed E-state index contributed by atoms with van der Waals surface area (Å²) in [5.74, 6) is -0.718. The number of thiophene rings is 1. The van der Waals surface area contributed by atoms with Crippen LogP contribution in [0.3, 0.4) is 0 Å². The largest absolute Gasteiger partial charge is 0.465 e. The van der Waals surface area contributed by atoms with Gasteiger partial charge < -0.3 is 10.1 Å².